The maximum Gasteiger partial charge on any atom is 0.358 e. The summed E-state index contributed by atoms with van der Waals surface area (Å²) in [6.45, 7) is 1.92. The van der Waals surface area contributed by atoms with Crippen LogP contribution < -0.4 is 0 Å². The van der Waals surface area contributed by atoms with Gasteiger partial charge in [-0.05, 0) is 19.8 Å². The number of methoxy groups -OCH3 is 1. The highest BCUT2D eigenvalue weighted by Gasteiger charge is 2.28. The van der Waals surface area contributed by atoms with Crippen LogP contribution in [0.5, 0.6) is 0 Å². The molecular weight excluding hydrogens is 180 g/mol. The lowest BCUT2D eigenvalue weighted by Crippen LogP contribution is -2.08. The van der Waals surface area contributed by atoms with Gasteiger partial charge in [-0.25, -0.2) is 9.78 Å². The monoisotopic (exact) mass is 192 g/mol. The molecule has 4 heteroatoms. The summed E-state index contributed by atoms with van der Waals surface area (Å²) < 4.78 is 4.59. The Labute approximate surface area is 82.3 Å². The van der Waals surface area contributed by atoms with Crippen LogP contribution in [0, 0.1) is 6.92 Å². The molecule has 0 spiro atoms. The number of carbonyl (C=O) groups excluding carboxylic acids is 1. The van der Waals surface area contributed by atoms with Crippen molar-refractivity contribution in [1.82, 2.24) is 9.97 Å². The molecule has 1 saturated carbocycles. The molecule has 4 nitrogen and oxygen atoms in total. The van der Waals surface area contributed by atoms with Crippen molar-refractivity contribution in [1.29, 1.82) is 0 Å². The van der Waals surface area contributed by atoms with Crippen molar-refractivity contribution < 1.29 is 9.53 Å². The number of esters is 1. The minimum atomic E-state index is -0.417. The second kappa shape index (κ2) is 3.36. The summed E-state index contributed by atoms with van der Waals surface area (Å²) in [5.41, 5.74) is 2.17. The van der Waals surface area contributed by atoms with E-state index in [2.05, 4.69) is 14.7 Å². The van der Waals surface area contributed by atoms with Gasteiger partial charge >= 0.3 is 5.97 Å². The molecule has 0 aliphatic heterocycles. The van der Waals surface area contributed by atoms with Crippen LogP contribution >= 0.6 is 0 Å². The molecule has 2 rings (SSSR count). The number of rotatable bonds is 2. The molecule has 0 N–H and O–H groups in total. The Kier molecular flexibility index (Phi) is 2.19. The molecule has 1 aliphatic rings. The first-order valence-electron chi connectivity index (χ1n) is 4.64. The Hall–Kier alpha value is -1.45. The number of hydrogen-bond acceptors (Lipinski definition) is 4. The molecule has 0 bridgehead atoms. The first-order chi connectivity index (χ1) is 6.72. The lowest BCUT2D eigenvalue weighted by Gasteiger charge is -2.04. The summed E-state index contributed by atoms with van der Waals surface area (Å²) in [6.07, 6.45) is 3.77. The molecule has 0 atom stereocenters. The quantitative estimate of drug-likeness (QED) is 0.665. The summed E-state index contributed by atoms with van der Waals surface area (Å²) in [6, 6.07) is 0. The number of nitrogens with zero attached hydrogens (tertiary/aromatic N) is 2. The zero-order valence-electron chi connectivity index (χ0n) is 8.28. The second-order valence-electron chi connectivity index (χ2n) is 3.49. The standard InChI is InChI=1S/C10H12N2O2/c1-6-9(7-3-4-7)12-8(5-11-6)10(13)14-2/h5,7H,3-4H2,1-2H3. The molecule has 1 aromatic rings. The van der Waals surface area contributed by atoms with Gasteiger partial charge in [0.1, 0.15) is 0 Å². The third-order valence-electron chi connectivity index (χ3n) is 2.35. The van der Waals surface area contributed by atoms with E-state index in [1.54, 1.807) is 0 Å². The van der Waals surface area contributed by atoms with Crippen LogP contribution in [-0.2, 0) is 4.74 Å². The van der Waals surface area contributed by atoms with Crippen LogP contribution in [0.2, 0.25) is 0 Å². The zero-order valence-corrected chi connectivity index (χ0v) is 8.28. The second-order valence-corrected chi connectivity index (χ2v) is 3.49. The predicted molar refractivity (Wildman–Crippen MR) is 50.1 cm³/mol. The molecule has 0 aromatic carbocycles. The van der Waals surface area contributed by atoms with Gasteiger partial charge in [-0.1, -0.05) is 0 Å². The van der Waals surface area contributed by atoms with Crippen LogP contribution in [0.25, 0.3) is 0 Å². The fourth-order valence-electron chi connectivity index (χ4n) is 1.41. The normalized spacial score (nSPS) is 15.3. The first kappa shape index (κ1) is 9.12. The van der Waals surface area contributed by atoms with Crippen molar-refractivity contribution >= 4 is 5.97 Å². The molecule has 0 saturated heterocycles. The molecular formula is C10H12N2O2. The molecule has 74 valence electrons. The molecule has 1 fully saturated rings. The summed E-state index contributed by atoms with van der Waals surface area (Å²) >= 11 is 0. The Morgan fingerprint density at radius 2 is 2.29 bits per heavy atom. The van der Waals surface area contributed by atoms with Crippen molar-refractivity contribution in [2.75, 3.05) is 7.11 Å². The topological polar surface area (TPSA) is 52.1 Å². The number of aromatic nitrogens is 2. The maximum absolute atomic E-state index is 11.2. The van der Waals surface area contributed by atoms with Gasteiger partial charge in [0, 0.05) is 5.92 Å². The molecule has 1 aromatic heterocycles. The van der Waals surface area contributed by atoms with Crippen molar-refractivity contribution in [3.05, 3.63) is 23.3 Å². The summed E-state index contributed by atoms with van der Waals surface area (Å²) in [4.78, 5) is 19.6. The van der Waals surface area contributed by atoms with Crippen LogP contribution in [0.3, 0.4) is 0 Å². The largest absolute Gasteiger partial charge is 0.464 e. The molecule has 1 heterocycles. The van der Waals surface area contributed by atoms with Crippen molar-refractivity contribution in [2.45, 2.75) is 25.7 Å². The van der Waals surface area contributed by atoms with E-state index in [-0.39, 0.29) is 0 Å². The van der Waals surface area contributed by atoms with E-state index in [0.717, 1.165) is 24.2 Å². The Bertz CT molecular complexity index is 372. The fourth-order valence-corrected chi connectivity index (χ4v) is 1.41. The zero-order chi connectivity index (χ0) is 10.1. The smallest absolute Gasteiger partial charge is 0.358 e. The van der Waals surface area contributed by atoms with Gasteiger partial charge in [0.15, 0.2) is 5.69 Å². The van der Waals surface area contributed by atoms with Gasteiger partial charge in [-0.3, -0.25) is 4.98 Å². The number of ether oxygens (including phenoxy) is 1. The maximum atomic E-state index is 11.2. The van der Waals surface area contributed by atoms with E-state index in [4.69, 9.17) is 0 Å². The molecule has 1 aliphatic carbocycles. The molecule has 0 radical (unpaired) electrons. The average Bonchev–Trinajstić information content (AvgIpc) is 3.01. The Balaban J connectivity index is 2.35. The SMILES string of the molecule is COC(=O)c1cnc(C)c(C2CC2)n1. The van der Waals surface area contributed by atoms with E-state index in [1.165, 1.54) is 13.3 Å². The number of hydrogen-bond donors (Lipinski definition) is 0. The lowest BCUT2D eigenvalue weighted by atomic mass is 10.2. The third-order valence-corrected chi connectivity index (χ3v) is 2.35. The lowest BCUT2D eigenvalue weighted by molar-refractivity contribution is 0.0593. The average molecular weight is 192 g/mol. The third kappa shape index (κ3) is 1.60. The molecule has 14 heavy (non-hydrogen) atoms. The van der Waals surface area contributed by atoms with Crippen LogP contribution in [-0.4, -0.2) is 23.0 Å². The van der Waals surface area contributed by atoms with Crippen LogP contribution in [0.1, 0.15) is 40.6 Å². The van der Waals surface area contributed by atoms with E-state index >= 15 is 0 Å². The summed E-state index contributed by atoms with van der Waals surface area (Å²) in [5.74, 6) is 0.0894. The van der Waals surface area contributed by atoms with E-state index < -0.39 is 5.97 Å². The number of aryl methyl sites for hydroxylation is 1. The highest BCUT2D eigenvalue weighted by atomic mass is 16.5. The predicted octanol–water partition coefficient (Wildman–Crippen LogP) is 1.45. The van der Waals surface area contributed by atoms with Gasteiger partial charge in [0.2, 0.25) is 0 Å². The number of carbonyl (C=O) groups is 1. The summed E-state index contributed by atoms with van der Waals surface area (Å²) in [5, 5.41) is 0. The minimum absolute atomic E-state index is 0.306. The van der Waals surface area contributed by atoms with Gasteiger partial charge < -0.3 is 4.74 Å². The van der Waals surface area contributed by atoms with Crippen molar-refractivity contribution in [3.63, 3.8) is 0 Å². The highest BCUT2D eigenvalue weighted by molar-refractivity contribution is 5.86. The molecule has 0 amide bonds. The van der Waals surface area contributed by atoms with Gasteiger partial charge in [0.25, 0.3) is 0 Å². The van der Waals surface area contributed by atoms with E-state index in [1.807, 2.05) is 6.92 Å². The highest BCUT2D eigenvalue weighted by Crippen LogP contribution is 2.39. The van der Waals surface area contributed by atoms with E-state index in [0.29, 0.717) is 11.6 Å². The summed E-state index contributed by atoms with van der Waals surface area (Å²) in [7, 11) is 1.35. The first-order valence-corrected chi connectivity index (χ1v) is 4.64. The Morgan fingerprint density at radius 1 is 1.57 bits per heavy atom. The minimum Gasteiger partial charge on any atom is -0.464 e. The fraction of sp³-hybridized carbons (Fsp3) is 0.500. The van der Waals surface area contributed by atoms with Crippen molar-refractivity contribution in [2.24, 2.45) is 0 Å². The van der Waals surface area contributed by atoms with Crippen LogP contribution in [0.4, 0.5) is 0 Å². The van der Waals surface area contributed by atoms with Gasteiger partial charge in [0.05, 0.1) is 24.7 Å². The van der Waals surface area contributed by atoms with E-state index in [9.17, 15) is 4.79 Å². The van der Waals surface area contributed by atoms with Crippen LogP contribution in [0.15, 0.2) is 6.20 Å². The van der Waals surface area contributed by atoms with Gasteiger partial charge in [-0.2, -0.15) is 0 Å². The van der Waals surface area contributed by atoms with Crippen molar-refractivity contribution in [3.8, 4) is 0 Å². The Morgan fingerprint density at radius 3 is 2.86 bits per heavy atom. The molecule has 0 unspecified atom stereocenters. The van der Waals surface area contributed by atoms with Gasteiger partial charge in [-0.15, -0.1) is 0 Å².